The van der Waals surface area contributed by atoms with Crippen LogP contribution >= 0.6 is 0 Å². The lowest BCUT2D eigenvalue weighted by Gasteiger charge is -2.36. The summed E-state index contributed by atoms with van der Waals surface area (Å²) in [5, 5.41) is 3.00. The van der Waals surface area contributed by atoms with Gasteiger partial charge < -0.3 is 15.0 Å². The number of rotatable bonds is 6. The second kappa shape index (κ2) is 8.08. The van der Waals surface area contributed by atoms with Crippen LogP contribution in [0.15, 0.2) is 0 Å². The molecule has 0 unspecified atom stereocenters. The van der Waals surface area contributed by atoms with E-state index in [1.807, 2.05) is 4.90 Å². The molecule has 1 aliphatic carbocycles. The van der Waals surface area contributed by atoms with Crippen molar-refractivity contribution in [3.63, 3.8) is 0 Å². The lowest BCUT2D eigenvalue weighted by molar-refractivity contribution is -0.135. The summed E-state index contributed by atoms with van der Waals surface area (Å²) in [4.78, 5) is 30.4. The minimum atomic E-state index is 0.116. The SMILES string of the molecule is O=C(CN1CCN(C(=O)CN2CCOCC2)CC1)NCC1CC1. The second-order valence-electron chi connectivity index (χ2n) is 6.79. The van der Waals surface area contributed by atoms with Crippen LogP contribution in [0, 0.1) is 5.92 Å². The van der Waals surface area contributed by atoms with E-state index in [9.17, 15) is 9.59 Å². The third kappa shape index (κ3) is 5.44. The molecule has 0 atom stereocenters. The van der Waals surface area contributed by atoms with Gasteiger partial charge in [0.05, 0.1) is 26.3 Å². The van der Waals surface area contributed by atoms with Gasteiger partial charge in [-0.1, -0.05) is 0 Å². The average Bonchev–Trinajstić information content (AvgIpc) is 3.39. The zero-order valence-electron chi connectivity index (χ0n) is 13.8. The number of morpholine rings is 1. The zero-order valence-corrected chi connectivity index (χ0v) is 13.8. The molecule has 2 heterocycles. The van der Waals surface area contributed by atoms with Gasteiger partial charge in [0.15, 0.2) is 0 Å². The van der Waals surface area contributed by atoms with Crippen molar-refractivity contribution < 1.29 is 14.3 Å². The number of nitrogens with zero attached hydrogens (tertiary/aromatic N) is 3. The van der Waals surface area contributed by atoms with Crippen molar-refractivity contribution in [3.8, 4) is 0 Å². The molecule has 130 valence electrons. The maximum Gasteiger partial charge on any atom is 0.236 e. The molecule has 3 fully saturated rings. The Morgan fingerprint density at radius 2 is 1.57 bits per heavy atom. The van der Waals surface area contributed by atoms with Crippen molar-refractivity contribution in [2.24, 2.45) is 5.92 Å². The quantitative estimate of drug-likeness (QED) is 0.678. The first-order chi connectivity index (χ1) is 11.2. The van der Waals surface area contributed by atoms with E-state index in [4.69, 9.17) is 4.74 Å². The van der Waals surface area contributed by atoms with Gasteiger partial charge >= 0.3 is 0 Å². The molecule has 3 rings (SSSR count). The fourth-order valence-corrected chi connectivity index (χ4v) is 3.05. The standard InChI is InChI=1S/C16H28N4O3/c21-15(17-11-14-1-2-14)12-18-3-5-20(6-4-18)16(22)13-19-7-9-23-10-8-19/h14H,1-13H2,(H,17,21). The molecule has 0 aromatic heterocycles. The van der Waals surface area contributed by atoms with Crippen molar-refractivity contribution >= 4 is 11.8 Å². The van der Waals surface area contributed by atoms with Crippen LogP contribution in [0.5, 0.6) is 0 Å². The van der Waals surface area contributed by atoms with E-state index in [2.05, 4.69) is 15.1 Å². The fraction of sp³-hybridized carbons (Fsp3) is 0.875. The Morgan fingerprint density at radius 1 is 0.913 bits per heavy atom. The Bertz CT molecular complexity index is 414. The van der Waals surface area contributed by atoms with Crippen molar-refractivity contribution in [1.82, 2.24) is 20.0 Å². The first kappa shape index (κ1) is 16.7. The van der Waals surface area contributed by atoms with Gasteiger partial charge in [0.25, 0.3) is 0 Å². The summed E-state index contributed by atoms with van der Waals surface area (Å²) >= 11 is 0. The van der Waals surface area contributed by atoms with Crippen LogP contribution < -0.4 is 5.32 Å². The first-order valence-electron chi connectivity index (χ1n) is 8.77. The molecule has 2 saturated heterocycles. The van der Waals surface area contributed by atoms with Gasteiger partial charge in [-0.3, -0.25) is 19.4 Å². The third-order valence-electron chi connectivity index (χ3n) is 4.84. The molecule has 7 heteroatoms. The average molecular weight is 324 g/mol. The molecule has 23 heavy (non-hydrogen) atoms. The minimum Gasteiger partial charge on any atom is -0.379 e. The lowest BCUT2D eigenvalue weighted by atomic mass is 10.3. The number of amides is 2. The van der Waals surface area contributed by atoms with Crippen LogP contribution in [0.4, 0.5) is 0 Å². The molecular weight excluding hydrogens is 296 g/mol. The van der Waals surface area contributed by atoms with Crippen LogP contribution in [-0.2, 0) is 14.3 Å². The Labute approximate surface area is 137 Å². The first-order valence-corrected chi connectivity index (χ1v) is 8.77. The molecule has 1 N–H and O–H groups in total. The van der Waals surface area contributed by atoms with E-state index in [0.29, 0.717) is 19.0 Å². The molecule has 1 saturated carbocycles. The number of nitrogens with one attached hydrogen (secondary N) is 1. The molecule has 0 bridgehead atoms. The largest absolute Gasteiger partial charge is 0.379 e. The molecule has 2 amide bonds. The van der Waals surface area contributed by atoms with Gasteiger partial charge in [-0.25, -0.2) is 0 Å². The van der Waals surface area contributed by atoms with Gasteiger partial charge in [0.1, 0.15) is 0 Å². The summed E-state index contributed by atoms with van der Waals surface area (Å²) in [6, 6.07) is 0. The van der Waals surface area contributed by atoms with E-state index < -0.39 is 0 Å². The van der Waals surface area contributed by atoms with Gasteiger partial charge in [-0.15, -0.1) is 0 Å². The smallest absolute Gasteiger partial charge is 0.236 e. The number of hydrogen-bond acceptors (Lipinski definition) is 5. The number of hydrogen-bond donors (Lipinski definition) is 1. The van der Waals surface area contributed by atoms with Crippen LogP contribution in [0.3, 0.4) is 0 Å². The summed E-state index contributed by atoms with van der Waals surface area (Å²) in [6.45, 7) is 7.91. The topological polar surface area (TPSA) is 65.1 Å². The van der Waals surface area contributed by atoms with Crippen LogP contribution in [0.1, 0.15) is 12.8 Å². The molecular formula is C16H28N4O3. The maximum atomic E-state index is 12.3. The summed E-state index contributed by atoms with van der Waals surface area (Å²) in [5.74, 6) is 1.03. The highest BCUT2D eigenvalue weighted by Gasteiger charge is 2.25. The molecule has 0 spiro atoms. The van der Waals surface area contributed by atoms with E-state index >= 15 is 0 Å². The summed E-state index contributed by atoms with van der Waals surface area (Å²) < 4.78 is 5.31. The second-order valence-corrected chi connectivity index (χ2v) is 6.79. The van der Waals surface area contributed by atoms with Crippen LogP contribution in [0.25, 0.3) is 0 Å². The maximum absolute atomic E-state index is 12.3. The van der Waals surface area contributed by atoms with Gasteiger partial charge in [-0.2, -0.15) is 0 Å². The predicted molar refractivity (Wildman–Crippen MR) is 86.0 cm³/mol. The Morgan fingerprint density at radius 3 is 2.22 bits per heavy atom. The predicted octanol–water partition coefficient (Wildman–Crippen LogP) is -1.01. The van der Waals surface area contributed by atoms with Crippen LogP contribution in [-0.4, -0.2) is 98.6 Å². The summed E-state index contributed by atoms with van der Waals surface area (Å²) in [7, 11) is 0. The van der Waals surface area contributed by atoms with E-state index in [0.717, 1.165) is 59.0 Å². The van der Waals surface area contributed by atoms with E-state index in [1.54, 1.807) is 0 Å². The highest BCUT2D eigenvalue weighted by Crippen LogP contribution is 2.27. The summed E-state index contributed by atoms with van der Waals surface area (Å²) in [5.41, 5.74) is 0. The van der Waals surface area contributed by atoms with Crippen molar-refractivity contribution in [2.75, 3.05) is 72.1 Å². The minimum absolute atomic E-state index is 0.116. The number of carbonyl (C=O) groups excluding carboxylic acids is 2. The molecule has 0 aromatic carbocycles. The number of ether oxygens (including phenoxy) is 1. The highest BCUT2D eigenvalue weighted by atomic mass is 16.5. The van der Waals surface area contributed by atoms with Gasteiger partial charge in [0, 0.05) is 45.8 Å². The van der Waals surface area contributed by atoms with E-state index in [1.165, 1.54) is 12.8 Å². The molecule has 0 aromatic rings. The molecule has 2 aliphatic heterocycles. The van der Waals surface area contributed by atoms with E-state index in [-0.39, 0.29) is 11.8 Å². The van der Waals surface area contributed by atoms with Crippen LogP contribution in [0.2, 0.25) is 0 Å². The third-order valence-corrected chi connectivity index (χ3v) is 4.84. The Hall–Kier alpha value is -1.18. The molecule has 0 radical (unpaired) electrons. The normalized spacial score (nSPS) is 23.7. The molecule has 3 aliphatic rings. The van der Waals surface area contributed by atoms with Gasteiger partial charge in [-0.05, 0) is 18.8 Å². The van der Waals surface area contributed by atoms with Crippen molar-refractivity contribution in [3.05, 3.63) is 0 Å². The Balaban J connectivity index is 1.32. The highest BCUT2D eigenvalue weighted by molar-refractivity contribution is 5.79. The number of carbonyl (C=O) groups is 2. The number of piperazine rings is 1. The molecule has 7 nitrogen and oxygen atoms in total. The zero-order chi connectivity index (χ0) is 16.1. The Kier molecular flexibility index (Phi) is 5.85. The fourth-order valence-electron chi connectivity index (χ4n) is 3.05. The van der Waals surface area contributed by atoms with Crippen molar-refractivity contribution in [1.29, 1.82) is 0 Å². The monoisotopic (exact) mass is 324 g/mol. The van der Waals surface area contributed by atoms with Crippen molar-refractivity contribution in [2.45, 2.75) is 12.8 Å². The van der Waals surface area contributed by atoms with Gasteiger partial charge in [0.2, 0.25) is 11.8 Å². The lowest BCUT2D eigenvalue weighted by Crippen LogP contribution is -2.53. The summed E-state index contributed by atoms with van der Waals surface area (Å²) in [6.07, 6.45) is 2.51.